The number of hydroxylamine groups is 2. The number of sulfone groups is 1. The van der Waals surface area contributed by atoms with E-state index in [0.717, 1.165) is 11.8 Å². The number of aromatic nitrogens is 2. The second-order valence-corrected chi connectivity index (χ2v) is 8.66. The van der Waals surface area contributed by atoms with Gasteiger partial charge >= 0.3 is 5.91 Å². The highest BCUT2D eigenvalue weighted by Gasteiger charge is 2.15. The minimum atomic E-state index is -3.32. The lowest BCUT2D eigenvalue weighted by atomic mass is 10.0. The van der Waals surface area contributed by atoms with Crippen LogP contribution in [0.15, 0.2) is 59.6 Å². The zero-order valence-corrected chi connectivity index (χ0v) is 17.1. The Kier molecular flexibility index (Phi) is 5.75. The molecular formula is C20H16ClN3O4S. The van der Waals surface area contributed by atoms with Crippen molar-refractivity contribution >= 4 is 27.3 Å². The molecule has 0 saturated heterocycles. The zero-order valence-electron chi connectivity index (χ0n) is 15.5. The quantitative estimate of drug-likeness (QED) is 0.392. The first kappa shape index (κ1) is 20.6. The second-order valence-electron chi connectivity index (χ2n) is 6.20. The molecule has 7 nitrogen and oxygen atoms in total. The number of nitrogens with zero attached hydrogens (tertiary/aromatic N) is 3. The van der Waals surface area contributed by atoms with Crippen LogP contribution in [0.4, 0.5) is 0 Å². The minimum Gasteiger partial charge on any atom is -0.285 e. The smallest absolute Gasteiger partial charge is 0.285 e. The third kappa shape index (κ3) is 4.84. The lowest BCUT2D eigenvalue weighted by Crippen LogP contribution is -2.20. The molecule has 0 unspecified atom stereocenters. The van der Waals surface area contributed by atoms with Gasteiger partial charge in [0.05, 0.1) is 4.90 Å². The molecule has 9 heteroatoms. The summed E-state index contributed by atoms with van der Waals surface area (Å²) in [7, 11) is -2.14. The summed E-state index contributed by atoms with van der Waals surface area (Å²) in [6, 6.07) is 16.0. The van der Waals surface area contributed by atoms with Crippen molar-refractivity contribution in [1.29, 1.82) is 0 Å². The fourth-order valence-corrected chi connectivity index (χ4v) is 3.29. The van der Waals surface area contributed by atoms with E-state index in [1.54, 1.807) is 30.5 Å². The molecule has 0 atom stereocenters. The van der Waals surface area contributed by atoms with E-state index in [9.17, 15) is 13.2 Å². The number of rotatable bonds is 3. The molecule has 1 heterocycles. The number of halogens is 1. The first-order valence-corrected chi connectivity index (χ1v) is 10.6. The van der Waals surface area contributed by atoms with Crippen LogP contribution < -0.4 is 0 Å². The predicted molar refractivity (Wildman–Crippen MR) is 109 cm³/mol. The van der Waals surface area contributed by atoms with Crippen LogP contribution in [0.2, 0.25) is 5.02 Å². The molecule has 0 aliphatic heterocycles. The first-order valence-electron chi connectivity index (χ1n) is 8.30. The van der Waals surface area contributed by atoms with Crippen molar-refractivity contribution in [2.45, 2.75) is 4.90 Å². The maximum Gasteiger partial charge on any atom is 0.323 e. The molecule has 1 aromatic heterocycles. The third-order valence-corrected chi connectivity index (χ3v) is 5.38. The summed E-state index contributed by atoms with van der Waals surface area (Å²) in [4.78, 5) is 11.7. The normalized spacial score (nSPS) is 10.9. The molecule has 0 fully saturated rings. The Morgan fingerprint density at radius 1 is 1.10 bits per heavy atom. The lowest BCUT2D eigenvalue weighted by Gasteiger charge is -2.04. The topological polar surface area (TPSA) is 92.5 Å². The van der Waals surface area contributed by atoms with Gasteiger partial charge in [0.25, 0.3) is 0 Å². The number of carbonyl (C=O) groups is 1. The van der Waals surface area contributed by atoms with E-state index >= 15 is 0 Å². The molecule has 0 spiro atoms. The van der Waals surface area contributed by atoms with E-state index < -0.39 is 15.7 Å². The van der Waals surface area contributed by atoms with Crippen molar-refractivity contribution in [3.63, 3.8) is 0 Å². The van der Waals surface area contributed by atoms with E-state index in [2.05, 4.69) is 17.1 Å². The Morgan fingerprint density at radius 3 is 2.24 bits per heavy atom. The molecule has 0 aliphatic rings. The highest BCUT2D eigenvalue weighted by Crippen LogP contribution is 2.32. The Morgan fingerprint density at radius 2 is 1.69 bits per heavy atom. The van der Waals surface area contributed by atoms with Crippen molar-refractivity contribution < 1.29 is 18.4 Å². The molecule has 2 aromatic carbocycles. The summed E-state index contributed by atoms with van der Waals surface area (Å²) in [5.41, 5.74) is 2.75. The molecule has 3 rings (SSSR count). The number of carbonyl (C=O) groups excluding carboxylic acids is 1. The fourth-order valence-electron chi connectivity index (χ4n) is 2.53. The van der Waals surface area contributed by atoms with Crippen molar-refractivity contribution in [3.05, 3.63) is 59.8 Å². The van der Waals surface area contributed by atoms with Gasteiger partial charge in [-0.2, -0.15) is 9.78 Å². The van der Waals surface area contributed by atoms with Gasteiger partial charge < -0.3 is 0 Å². The average molecular weight is 430 g/mol. The average Bonchev–Trinajstić information content (AvgIpc) is 3.10. The van der Waals surface area contributed by atoms with Crippen molar-refractivity contribution in [1.82, 2.24) is 14.8 Å². The summed E-state index contributed by atoms with van der Waals surface area (Å²) < 4.78 is 24.7. The SMILES string of the molecule is CN(O)C(=O)C#Cn1cc(-c2ccc(Cl)cc2)c(-c2ccc(S(C)(=O)=O)cc2)n1. The standard InChI is InChI=1S/C20H16ClN3O4S/c1-23(26)19(25)11-12-24-13-18(14-3-7-16(21)8-4-14)20(22-24)15-5-9-17(10-6-15)29(2,27)28/h3-10,13,26H,1-2H3. The molecule has 1 amide bonds. The second kappa shape index (κ2) is 8.09. The molecule has 1 N–H and O–H groups in total. The Bertz CT molecular complexity index is 1220. The Labute approximate surface area is 173 Å². The van der Waals surface area contributed by atoms with Crippen LogP contribution in [-0.4, -0.2) is 47.7 Å². The van der Waals surface area contributed by atoms with Gasteiger partial charge in [-0.05, 0) is 29.8 Å². The molecule has 0 aliphatic carbocycles. The van der Waals surface area contributed by atoms with Crippen LogP contribution in [0.1, 0.15) is 0 Å². The van der Waals surface area contributed by atoms with Gasteiger partial charge in [-0.1, -0.05) is 35.9 Å². The van der Waals surface area contributed by atoms with E-state index in [1.165, 1.54) is 23.9 Å². The Balaban J connectivity index is 2.11. The molecule has 3 aromatic rings. The predicted octanol–water partition coefficient (Wildman–Crippen LogP) is 2.93. The summed E-state index contributed by atoms with van der Waals surface area (Å²) in [6.45, 7) is 0. The fraction of sp³-hybridized carbons (Fsp3) is 0.100. The lowest BCUT2D eigenvalue weighted by molar-refractivity contribution is -0.152. The van der Waals surface area contributed by atoms with E-state index in [1.807, 2.05) is 12.1 Å². The number of hydrogen-bond donors (Lipinski definition) is 1. The van der Waals surface area contributed by atoms with Crippen molar-refractivity contribution in [2.24, 2.45) is 0 Å². The van der Waals surface area contributed by atoms with Crippen LogP contribution in [0.5, 0.6) is 0 Å². The van der Waals surface area contributed by atoms with Crippen molar-refractivity contribution in [3.8, 4) is 34.3 Å². The molecule has 0 bridgehead atoms. The summed E-state index contributed by atoms with van der Waals surface area (Å²) >= 11 is 5.97. The van der Waals surface area contributed by atoms with Gasteiger partial charge in [-0.15, -0.1) is 0 Å². The summed E-state index contributed by atoms with van der Waals surface area (Å²) in [5.74, 6) is 1.48. The zero-order chi connectivity index (χ0) is 21.2. The molecule has 0 radical (unpaired) electrons. The molecular weight excluding hydrogens is 414 g/mol. The van der Waals surface area contributed by atoms with Gasteiger partial charge in [-0.3, -0.25) is 10.0 Å². The molecule has 29 heavy (non-hydrogen) atoms. The maximum atomic E-state index is 11.7. The van der Waals surface area contributed by atoms with Gasteiger partial charge in [-0.25, -0.2) is 13.5 Å². The van der Waals surface area contributed by atoms with Gasteiger partial charge in [0.1, 0.15) is 5.69 Å². The van der Waals surface area contributed by atoms with Gasteiger partial charge in [0.15, 0.2) is 9.84 Å². The van der Waals surface area contributed by atoms with Crippen LogP contribution in [-0.2, 0) is 14.6 Å². The van der Waals surface area contributed by atoms with Crippen LogP contribution >= 0.6 is 11.6 Å². The summed E-state index contributed by atoms with van der Waals surface area (Å²) in [6.07, 6.45) is 2.78. The number of benzene rings is 2. The van der Waals surface area contributed by atoms with E-state index in [-0.39, 0.29) is 4.90 Å². The first-order chi connectivity index (χ1) is 13.6. The highest BCUT2D eigenvalue weighted by atomic mass is 35.5. The van der Waals surface area contributed by atoms with Crippen LogP contribution in [0.3, 0.4) is 0 Å². The van der Waals surface area contributed by atoms with Crippen molar-refractivity contribution in [2.75, 3.05) is 13.3 Å². The molecule has 0 saturated carbocycles. The third-order valence-electron chi connectivity index (χ3n) is 4.00. The van der Waals surface area contributed by atoms with Crippen LogP contribution in [0.25, 0.3) is 22.4 Å². The monoisotopic (exact) mass is 429 g/mol. The highest BCUT2D eigenvalue weighted by molar-refractivity contribution is 7.90. The van der Waals surface area contributed by atoms with E-state index in [4.69, 9.17) is 16.8 Å². The minimum absolute atomic E-state index is 0.199. The number of hydrogen-bond acceptors (Lipinski definition) is 5. The Hall–Kier alpha value is -3.12. The molecule has 148 valence electrons. The van der Waals surface area contributed by atoms with E-state index in [0.29, 0.717) is 26.9 Å². The maximum absolute atomic E-state index is 11.7. The van der Waals surface area contributed by atoms with Crippen LogP contribution in [0, 0.1) is 12.0 Å². The largest absolute Gasteiger partial charge is 0.323 e. The summed E-state index contributed by atoms with van der Waals surface area (Å²) in [5, 5.41) is 14.5. The van der Waals surface area contributed by atoms with Gasteiger partial charge in [0.2, 0.25) is 0 Å². The number of amides is 1. The van der Waals surface area contributed by atoms with Gasteiger partial charge in [0, 0.05) is 47.6 Å².